The number of carbonyl (C=O) groups excluding carboxylic acids is 3. The molecule has 0 fully saturated rings. The predicted molar refractivity (Wildman–Crippen MR) is 120 cm³/mol. The van der Waals surface area contributed by atoms with Crippen LogP contribution in [0.3, 0.4) is 0 Å². The van der Waals surface area contributed by atoms with Gasteiger partial charge in [-0.25, -0.2) is 0 Å². The van der Waals surface area contributed by atoms with Crippen molar-refractivity contribution in [3.63, 3.8) is 0 Å². The van der Waals surface area contributed by atoms with Crippen molar-refractivity contribution in [2.24, 2.45) is 0 Å². The Morgan fingerprint density at radius 1 is 1.03 bits per heavy atom. The first-order chi connectivity index (χ1) is 14.9. The summed E-state index contributed by atoms with van der Waals surface area (Å²) in [6, 6.07) is 13.7. The molecule has 2 aromatic carbocycles. The van der Waals surface area contributed by atoms with Gasteiger partial charge in [0.15, 0.2) is 5.69 Å². The molecule has 0 aliphatic carbocycles. The summed E-state index contributed by atoms with van der Waals surface area (Å²) in [5.74, 6) is -0.700. The molecule has 0 radical (unpaired) electrons. The molecule has 31 heavy (non-hydrogen) atoms. The van der Waals surface area contributed by atoms with E-state index < -0.39 is 11.9 Å². The largest absolute Gasteiger partial charge is 0.343 e. The molecule has 3 amide bonds. The number of rotatable bonds is 8. The number of H-pyrrole nitrogens is 1. The van der Waals surface area contributed by atoms with Crippen molar-refractivity contribution in [3.8, 4) is 0 Å². The van der Waals surface area contributed by atoms with E-state index in [2.05, 4.69) is 20.8 Å². The van der Waals surface area contributed by atoms with Crippen LogP contribution in [0.15, 0.2) is 48.5 Å². The van der Waals surface area contributed by atoms with Gasteiger partial charge < -0.3 is 15.5 Å². The summed E-state index contributed by atoms with van der Waals surface area (Å²) in [6.07, 6.45) is 0.319. The van der Waals surface area contributed by atoms with Crippen molar-refractivity contribution in [1.82, 2.24) is 20.4 Å². The standard InChI is InChI=1S/C23H27N5O3/c1-4-28(5-2)20(29)14-16-10-12-17(13-11-16)25-22(30)15(3)24-23(31)21-18-8-6-7-9-19(18)26-27-21/h6-13,15H,4-5,14H2,1-3H3,(H,24,31)(H,25,30)(H,26,27). The van der Waals surface area contributed by atoms with Crippen LogP contribution in [0.1, 0.15) is 36.8 Å². The van der Waals surface area contributed by atoms with Gasteiger partial charge in [-0.2, -0.15) is 5.10 Å². The molecule has 1 unspecified atom stereocenters. The minimum atomic E-state index is -0.758. The van der Waals surface area contributed by atoms with Crippen LogP contribution in [0.25, 0.3) is 10.9 Å². The molecular weight excluding hydrogens is 394 g/mol. The van der Waals surface area contributed by atoms with Crippen LogP contribution in [0, 0.1) is 0 Å². The third-order valence-electron chi connectivity index (χ3n) is 5.12. The Hall–Kier alpha value is -3.68. The Kier molecular flexibility index (Phi) is 7.02. The highest BCUT2D eigenvalue weighted by atomic mass is 16.2. The third-order valence-corrected chi connectivity index (χ3v) is 5.12. The van der Waals surface area contributed by atoms with Gasteiger partial charge in [-0.3, -0.25) is 19.5 Å². The highest BCUT2D eigenvalue weighted by molar-refractivity contribution is 6.06. The first-order valence-corrected chi connectivity index (χ1v) is 10.3. The van der Waals surface area contributed by atoms with Gasteiger partial charge in [0.1, 0.15) is 6.04 Å². The molecule has 0 saturated carbocycles. The van der Waals surface area contributed by atoms with E-state index in [4.69, 9.17) is 0 Å². The van der Waals surface area contributed by atoms with Crippen molar-refractivity contribution >= 4 is 34.3 Å². The van der Waals surface area contributed by atoms with E-state index in [-0.39, 0.29) is 17.5 Å². The lowest BCUT2D eigenvalue weighted by Gasteiger charge is -2.18. The first kappa shape index (κ1) is 22.0. The van der Waals surface area contributed by atoms with Gasteiger partial charge in [0.05, 0.1) is 11.9 Å². The lowest BCUT2D eigenvalue weighted by molar-refractivity contribution is -0.130. The highest BCUT2D eigenvalue weighted by Crippen LogP contribution is 2.15. The summed E-state index contributed by atoms with van der Waals surface area (Å²) < 4.78 is 0. The van der Waals surface area contributed by atoms with Gasteiger partial charge in [0.25, 0.3) is 5.91 Å². The number of fused-ring (bicyclic) bond motifs is 1. The van der Waals surface area contributed by atoms with Gasteiger partial charge in [-0.1, -0.05) is 30.3 Å². The summed E-state index contributed by atoms with van der Waals surface area (Å²) in [4.78, 5) is 39.0. The molecule has 8 heteroatoms. The number of nitrogens with one attached hydrogen (secondary N) is 3. The van der Waals surface area contributed by atoms with Gasteiger partial charge in [-0.05, 0) is 44.5 Å². The van der Waals surface area contributed by atoms with Crippen LogP contribution in [0.2, 0.25) is 0 Å². The lowest BCUT2D eigenvalue weighted by Crippen LogP contribution is -2.41. The summed E-state index contributed by atoms with van der Waals surface area (Å²) in [5, 5.41) is 13.0. The summed E-state index contributed by atoms with van der Waals surface area (Å²) >= 11 is 0. The maximum absolute atomic E-state index is 12.5. The molecule has 0 aliphatic heterocycles. The fraction of sp³-hybridized carbons (Fsp3) is 0.304. The van der Waals surface area contributed by atoms with Crippen molar-refractivity contribution in [3.05, 3.63) is 59.8 Å². The van der Waals surface area contributed by atoms with Gasteiger partial charge in [-0.15, -0.1) is 0 Å². The second kappa shape index (κ2) is 9.88. The smallest absolute Gasteiger partial charge is 0.273 e. The van der Waals surface area contributed by atoms with Crippen LogP contribution in [0.4, 0.5) is 5.69 Å². The number of hydrogen-bond donors (Lipinski definition) is 3. The second-order valence-corrected chi connectivity index (χ2v) is 7.24. The molecule has 1 atom stereocenters. The Morgan fingerprint density at radius 3 is 2.39 bits per heavy atom. The molecule has 1 heterocycles. The number of nitrogens with zero attached hydrogens (tertiary/aromatic N) is 2. The van der Waals surface area contributed by atoms with Crippen molar-refractivity contribution in [1.29, 1.82) is 0 Å². The quantitative estimate of drug-likeness (QED) is 0.520. The van der Waals surface area contributed by atoms with Gasteiger partial charge >= 0.3 is 0 Å². The molecule has 0 saturated heterocycles. The minimum absolute atomic E-state index is 0.0732. The number of aromatic nitrogens is 2. The zero-order valence-corrected chi connectivity index (χ0v) is 17.9. The van der Waals surface area contributed by atoms with E-state index >= 15 is 0 Å². The number of amides is 3. The maximum Gasteiger partial charge on any atom is 0.273 e. The Balaban J connectivity index is 1.57. The molecule has 0 aliphatic rings. The van der Waals surface area contributed by atoms with Crippen LogP contribution in [0.5, 0.6) is 0 Å². The minimum Gasteiger partial charge on any atom is -0.343 e. The number of likely N-dealkylation sites (N-methyl/N-ethyl adjacent to an activating group) is 1. The molecule has 8 nitrogen and oxygen atoms in total. The average molecular weight is 422 g/mol. The van der Waals surface area contributed by atoms with Crippen molar-refractivity contribution in [2.45, 2.75) is 33.2 Å². The van der Waals surface area contributed by atoms with E-state index in [1.807, 2.05) is 44.2 Å². The molecule has 3 aromatic rings. The maximum atomic E-state index is 12.5. The molecule has 3 N–H and O–H groups in total. The molecule has 0 spiro atoms. The number of carbonyl (C=O) groups is 3. The summed E-state index contributed by atoms with van der Waals surface area (Å²) in [6.45, 7) is 6.88. The van der Waals surface area contributed by atoms with E-state index in [0.29, 0.717) is 30.6 Å². The second-order valence-electron chi connectivity index (χ2n) is 7.24. The van der Waals surface area contributed by atoms with Crippen LogP contribution in [-0.4, -0.2) is 52.0 Å². The molecule has 162 valence electrons. The third kappa shape index (κ3) is 5.28. The molecule has 0 bridgehead atoms. The lowest BCUT2D eigenvalue weighted by atomic mass is 10.1. The monoisotopic (exact) mass is 421 g/mol. The zero-order valence-electron chi connectivity index (χ0n) is 17.9. The van der Waals surface area contributed by atoms with E-state index in [0.717, 1.165) is 11.1 Å². The van der Waals surface area contributed by atoms with E-state index in [1.165, 1.54) is 0 Å². The Labute approximate surface area is 181 Å². The number of para-hydroxylation sites is 1. The number of anilines is 1. The van der Waals surface area contributed by atoms with E-state index in [9.17, 15) is 14.4 Å². The SMILES string of the molecule is CCN(CC)C(=O)Cc1ccc(NC(=O)C(C)NC(=O)c2n[nH]c3ccccc23)cc1. The Morgan fingerprint density at radius 2 is 1.71 bits per heavy atom. The van der Waals surface area contributed by atoms with E-state index in [1.54, 1.807) is 30.0 Å². The normalized spacial score (nSPS) is 11.7. The van der Waals surface area contributed by atoms with Gasteiger partial charge in [0.2, 0.25) is 11.8 Å². The molecular formula is C23H27N5O3. The number of aromatic amines is 1. The van der Waals surface area contributed by atoms with Crippen molar-refractivity contribution < 1.29 is 14.4 Å². The number of hydrogen-bond acceptors (Lipinski definition) is 4. The van der Waals surface area contributed by atoms with Crippen molar-refractivity contribution in [2.75, 3.05) is 18.4 Å². The van der Waals surface area contributed by atoms with Crippen LogP contribution in [-0.2, 0) is 16.0 Å². The molecule has 3 rings (SSSR count). The first-order valence-electron chi connectivity index (χ1n) is 10.3. The fourth-order valence-electron chi connectivity index (χ4n) is 3.29. The molecule has 1 aromatic heterocycles. The fourth-order valence-corrected chi connectivity index (χ4v) is 3.29. The predicted octanol–water partition coefficient (Wildman–Crippen LogP) is 2.73. The summed E-state index contributed by atoms with van der Waals surface area (Å²) in [5.41, 5.74) is 2.47. The number of benzene rings is 2. The zero-order chi connectivity index (χ0) is 22.4. The average Bonchev–Trinajstić information content (AvgIpc) is 3.20. The highest BCUT2D eigenvalue weighted by Gasteiger charge is 2.20. The van der Waals surface area contributed by atoms with Crippen LogP contribution >= 0.6 is 0 Å². The summed E-state index contributed by atoms with van der Waals surface area (Å²) in [7, 11) is 0. The topological polar surface area (TPSA) is 107 Å². The van der Waals surface area contributed by atoms with Gasteiger partial charge in [0, 0.05) is 24.2 Å². The Bertz CT molecular complexity index is 1070. The van der Waals surface area contributed by atoms with Crippen LogP contribution < -0.4 is 10.6 Å².